The number of aromatic nitrogens is 3. The van der Waals surface area contributed by atoms with Gasteiger partial charge in [0.1, 0.15) is 0 Å². The van der Waals surface area contributed by atoms with E-state index in [4.69, 9.17) is 11.6 Å². The van der Waals surface area contributed by atoms with Crippen molar-refractivity contribution in [1.82, 2.24) is 14.8 Å². The molecule has 0 fully saturated rings. The van der Waals surface area contributed by atoms with Crippen LogP contribution < -0.4 is 5.32 Å². The Balaban J connectivity index is 2.24. The highest BCUT2D eigenvalue weighted by Gasteiger charge is 2.01. The van der Waals surface area contributed by atoms with E-state index >= 15 is 0 Å². The molecule has 0 aliphatic rings. The highest BCUT2D eigenvalue weighted by atomic mass is 35.5. The van der Waals surface area contributed by atoms with Gasteiger partial charge in [0.15, 0.2) is 0 Å². The lowest BCUT2D eigenvalue weighted by atomic mass is 10.3. The van der Waals surface area contributed by atoms with Crippen molar-refractivity contribution in [3.63, 3.8) is 0 Å². The Kier molecular flexibility index (Phi) is 2.37. The standard InChI is InChI=1S/C7H5ClN4S/c8-5-3-1-2-4-6(5)9-7-10-11-12-13-7/h1-4H,(H,9,10,12). The summed E-state index contributed by atoms with van der Waals surface area (Å²) in [7, 11) is 0. The van der Waals surface area contributed by atoms with Crippen LogP contribution in [0.3, 0.4) is 0 Å². The molecule has 2 aromatic rings. The number of hydrogen-bond acceptors (Lipinski definition) is 5. The number of benzene rings is 1. The van der Waals surface area contributed by atoms with Crippen molar-refractivity contribution in [2.24, 2.45) is 0 Å². The van der Waals surface area contributed by atoms with Crippen molar-refractivity contribution in [3.8, 4) is 0 Å². The molecular weight excluding hydrogens is 208 g/mol. The highest BCUT2D eigenvalue weighted by Crippen LogP contribution is 2.24. The molecule has 0 radical (unpaired) electrons. The first-order valence-electron chi connectivity index (χ1n) is 3.53. The SMILES string of the molecule is Clc1ccccc1Nc1nnns1. The first kappa shape index (κ1) is 8.40. The van der Waals surface area contributed by atoms with Gasteiger partial charge in [-0.1, -0.05) is 33.3 Å². The van der Waals surface area contributed by atoms with Crippen LogP contribution in [0.2, 0.25) is 5.02 Å². The minimum Gasteiger partial charge on any atom is -0.328 e. The van der Waals surface area contributed by atoms with Crippen LogP contribution in [0.15, 0.2) is 24.3 Å². The van der Waals surface area contributed by atoms with Crippen molar-refractivity contribution in [1.29, 1.82) is 0 Å². The molecule has 0 spiro atoms. The lowest BCUT2D eigenvalue weighted by Gasteiger charge is -2.02. The fourth-order valence-corrected chi connectivity index (χ4v) is 1.42. The van der Waals surface area contributed by atoms with Gasteiger partial charge < -0.3 is 5.32 Å². The molecule has 1 aromatic heterocycles. The smallest absolute Gasteiger partial charge is 0.229 e. The molecule has 2 rings (SSSR count). The van der Waals surface area contributed by atoms with Crippen LogP contribution in [-0.2, 0) is 0 Å². The Hall–Kier alpha value is -1.20. The monoisotopic (exact) mass is 212 g/mol. The molecule has 1 aromatic carbocycles. The summed E-state index contributed by atoms with van der Waals surface area (Å²) in [6.45, 7) is 0. The topological polar surface area (TPSA) is 50.7 Å². The second-order valence-electron chi connectivity index (χ2n) is 2.27. The van der Waals surface area contributed by atoms with Gasteiger partial charge in [0.2, 0.25) is 5.13 Å². The average Bonchev–Trinajstić information content (AvgIpc) is 2.61. The molecule has 0 saturated carbocycles. The molecule has 0 amide bonds. The van der Waals surface area contributed by atoms with Crippen molar-refractivity contribution in [2.45, 2.75) is 0 Å². The molecular formula is C7H5ClN4S. The molecule has 1 heterocycles. The Morgan fingerprint density at radius 1 is 1.31 bits per heavy atom. The van der Waals surface area contributed by atoms with Crippen molar-refractivity contribution in [2.75, 3.05) is 5.32 Å². The Morgan fingerprint density at radius 3 is 2.85 bits per heavy atom. The average molecular weight is 213 g/mol. The second kappa shape index (κ2) is 3.68. The lowest BCUT2D eigenvalue weighted by molar-refractivity contribution is 0.961. The first-order chi connectivity index (χ1) is 6.36. The van der Waals surface area contributed by atoms with E-state index in [2.05, 4.69) is 20.1 Å². The maximum atomic E-state index is 5.91. The van der Waals surface area contributed by atoms with E-state index in [0.717, 1.165) is 5.69 Å². The quantitative estimate of drug-likeness (QED) is 0.830. The number of nitrogens with one attached hydrogen (secondary N) is 1. The van der Waals surface area contributed by atoms with Gasteiger partial charge in [-0.25, -0.2) is 0 Å². The third-order valence-corrected chi connectivity index (χ3v) is 2.26. The van der Waals surface area contributed by atoms with E-state index in [1.807, 2.05) is 18.2 Å². The van der Waals surface area contributed by atoms with Crippen LogP contribution in [0.5, 0.6) is 0 Å². The van der Waals surface area contributed by atoms with E-state index in [-0.39, 0.29) is 0 Å². The van der Waals surface area contributed by atoms with E-state index in [0.29, 0.717) is 10.2 Å². The van der Waals surface area contributed by atoms with Gasteiger partial charge in [0.25, 0.3) is 0 Å². The number of halogens is 1. The van der Waals surface area contributed by atoms with Gasteiger partial charge >= 0.3 is 0 Å². The minimum atomic E-state index is 0.633. The molecule has 13 heavy (non-hydrogen) atoms. The van der Waals surface area contributed by atoms with Crippen LogP contribution in [0, 0.1) is 0 Å². The van der Waals surface area contributed by atoms with Crippen molar-refractivity contribution in [3.05, 3.63) is 29.3 Å². The highest BCUT2D eigenvalue weighted by molar-refractivity contribution is 7.09. The normalized spacial score (nSPS) is 9.92. The zero-order chi connectivity index (χ0) is 9.10. The van der Waals surface area contributed by atoms with Crippen LogP contribution >= 0.6 is 23.1 Å². The van der Waals surface area contributed by atoms with Crippen molar-refractivity contribution >= 4 is 34.0 Å². The Morgan fingerprint density at radius 2 is 2.15 bits per heavy atom. The number of nitrogens with zero attached hydrogens (tertiary/aromatic N) is 3. The maximum Gasteiger partial charge on any atom is 0.229 e. The van der Waals surface area contributed by atoms with E-state index in [9.17, 15) is 0 Å². The predicted octanol–water partition coefficient (Wildman–Crippen LogP) is 2.33. The molecule has 0 bridgehead atoms. The summed E-state index contributed by atoms with van der Waals surface area (Å²) in [5, 5.41) is 11.5. The van der Waals surface area contributed by atoms with E-state index in [1.165, 1.54) is 11.5 Å². The van der Waals surface area contributed by atoms with Crippen LogP contribution in [0.4, 0.5) is 10.8 Å². The van der Waals surface area contributed by atoms with Gasteiger partial charge in [-0.2, -0.15) is 0 Å². The molecule has 6 heteroatoms. The van der Waals surface area contributed by atoms with E-state index in [1.54, 1.807) is 6.07 Å². The molecule has 0 aliphatic carbocycles. The Labute approximate surface area is 83.7 Å². The first-order valence-corrected chi connectivity index (χ1v) is 4.68. The predicted molar refractivity (Wildman–Crippen MR) is 52.4 cm³/mol. The number of para-hydroxylation sites is 1. The van der Waals surface area contributed by atoms with Gasteiger partial charge in [-0.15, -0.1) is 0 Å². The molecule has 0 saturated heterocycles. The number of anilines is 2. The molecule has 1 N–H and O–H groups in total. The van der Waals surface area contributed by atoms with Crippen molar-refractivity contribution < 1.29 is 0 Å². The molecule has 0 atom stereocenters. The van der Waals surface area contributed by atoms with E-state index < -0.39 is 0 Å². The summed E-state index contributed by atoms with van der Waals surface area (Å²) in [5.41, 5.74) is 0.808. The number of hydrogen-bond donors (Lipinski definition) is 1. The molecule has 0 unspecified atom stereocenters. The third kappa shape index (κ3) is 1.93. The summed E-state index contributed by atoms with van der Waals surface area (Å²) in [6, 6.07) is 7.43. The zero-order valence-corrected chi connectivity index (χ0v) is 8.01. The Bertz CT molecular complexity index is 389. The van der Waals surface area contributed by atoms with Crippen LogP contribution in [0.25, 0.3) is 0 Å². The van der Waals surface area contributed by atoms with Gasteiger partial charge in [-0.3, -0.25) is 0 Å². The van der Waals surface area contributed by atoms with Crippen LogP contribution in [0.1, 0.15) is 0 Å². The van der Waals surface area contributed by atoms with Crippen LogP contribution in [-0.4, -0.2) is 14.8 Å². The fraction of sp³-hybridized carbons (Fsp3) is 0. The zero-order valence-electron chi connectivity index (χ0n) is 6.44. The fourth-order valence-electron chi connectivity index (χ4n) is 0.860. The summed E-state index contributed by atoms with van der Waals surface area (Å²) < 4.78 is 3.62. The summed E-state index contributed by atoms with van der Waals surface area (Å²) in [5.74, 6) is 0. The summed E-state index contributed by atoms with van der Waals surface area (Å²) >= 11 is 7.10. The number of rotatable bonds is 2. The van der Waals surface area contributed by atoms with Gasteiger partial charge in [0.05, 0.1) is 10.7 Å². The maximum absolute atomic E-state index is 5.91. The summed E-state index contributed by atoms with van der Waals surface area (Å²) in [4.78, 5) is 0. The minimum absolute atomic E-state index is 0.633. The molecule has 0 aliphatic heterocycles. The third-order valence-electron chi connectivity index (χ3n) is 1.41. The molecule has 4 nitrogen and oxygen atoms in total. The largest absolute Gasteiger partial charge is 0.328 e. The van der Waals surface area contributed by atoms with Gasteiger partial charge in [0, 0.05) is 11.5 Å². The lowest BCUT2D eigenvalue weighted by Crippen LogP contribution is -1.89. The summed E-state index contributed by atoms with van der Waals surface area (Å²) in [6.07, 6.45) is 0. The van der Waals surface area contributed by atoms with Gasteiger partial charge in [-0.05, 0) is 17.3 Å². The second-order valence-corrected chi connectivity index (χ2v) is 3.41. The molecule has 66 valence electrons.